The molecule has 0 bridgehead atoms. The first-order chi connectivity index (χ1) is 9.99. The van der Waals surface area contributed by atoms with Crippen molar-refractivity contribution in [2.75, 3.05) is 19.4 Å². The van der Waals surface area contributed by atoms with Gasteiger partial charge in [0.1, 0.15) is 5.82 Å². The Labute approximate surface area is 124 Å². The molecule has 0 spiro atoms. The minimum Gasteiger partial charge on any atom is -0.322 e. The van der Waals surface area contributed by atoms with Gasteiger partial charge in [0, 0.05) is 12.2 Å². The second-order valence-corrected chi connectivity index (χ2v) is 5.29. The number of benzene rings is 2. The quantitative estimate of drug-likeness (QED) is 0.933. The van der Waals surface area contributed by atoms with Crippen LogP contribution in [0.1, 0.15) is 21.5 Å². The molecule has 0 saturated carbocycles. The second kappa shape index (κ2) is 6.50. The van der Waals surface area contributed by atoms with Crippen molar-refractivity contribution in [2.45, 2.75) is 13.5 Å². The predicted octanol–water partition coefficient (Wildman–Crippen LogP) is 3.45. The minimum atomic E-state index is -0.472. The SMILES string of the molecule is Cc1cccc(C(=O)Nc2ccccc2CN(C)C)c1F. The zero-order valence-electron chi connectivity index (χ0n) is 12.5. The van der Waals surface area contributed by atoms with Gasteiger partial charge in [-0.15, -0.1) is 0 Å². The summed E-state index contributed by atoms with van der Waals surface area (Å²) in [5.74, 6) is -0.900. The fourth-order valence-corrected chi connectivity index (χ4v) is 2.13. The Hall–Kier alpha value is -2.20. The van der Waals surface area contributed by atoms with Crippen molar-refractivity contribution >= 4 is 11.6 Å². The van der Waals surface area contributed by atoms with Crippen LogP contribution >= 0.6 is 0 Å². The van der Waals surface area contributed by atoms with Gasteiger partial charge in [0.25, 0.3) is 5.91 Å². The lowest BCUT2D eigenvalue weighted by Crippen LogP contribution is -2.17. The van der Waals surface area contributed by atoms with E-state index in [9.17, 15) is 9.18 Å². The number of aryl methyl sites for hydroxylation is 1. The number of anilines is 1. The van der Waals surface area contributed by atoms with E-state index in [4.69, 9.17) is 0 Å². The third kappa shape index (κ3) is 3.67. The molecular weight excluding hydrogens is 267 g/mol. The van der Waals surface area contributed by atoms with Crippen LogP contribution in [0, 0.1) is 12.7 Å². The molecule has 0 aliphatic carbocycles. The molecule has 0 heterocycles. The first-order valence-corrected chi connectivity index (χ1v) is 6.78. The maximum absolute atomic E-state index is 14.0. The van der Waals surface area contributed by atoms with Gasteiger partial charge in [-0.25, -0.2) is 4.39 Å². The number of hydrogen-bond donors (Lipinski definition) is 1. The van der Waals surface area contributed by atoms with Crippen molar-refractivity contribution in [3.8, 4) is 0 Å². The number of para-hydroxylation sites is 1. The van der Waals surface area contributed by atoms with Gasteiger partial charge in [-0.1, -0.05) is 30.3 Å². The highest BCUT2D eigenvalue weighted by Crippen LogP contribution is 2.19. The molecule has 110 valence electrons. The smallest absolute Gasteiger partial charge is 0.258 e. The number of nitrogens with one attached hydrogen (secondary N) is 1. The van der Waals surface area contributed by atoms with Crippen LogP contribution in [-0.4, -0.2) is 24.9 Å². The Morgan fingerprint density at radius 1 is 1.14 bits per heavy atom. The number of amides is 1. The van der Waals surface area contributed by atoms with Crippen LogP contribution in [-0.2, 0) is 6.54 Å². The molecule has 1 amide bonds. The topological polar surface area (TPSA) is 32.3 Å². The van der Waals surface area contributed by atoms with E-state index in [1.54, 1.807) is 19.1 Å². The number of carbonyl (C=O) groups is 1. The van der Waals surface area contributed by atoms with Gasteiger partial charge in [-0.3, -0.25) is 4.79 Å². The lowest BCUT2D eigenvalue weighted by atomic mass is 10.1. The van der Waals surface area contributed by atoms with Gasteiger partial charge in [0.05, 0.1) is 5.56 Å². The average molecular weight is 286 g/mol. The highest BCUT2D eigenvalue weighted by atomic mass is 19.1. The normalized spacial score (nSPS) is 10.7. The van der Waals surface area contributed by atoms with Gasteiger partial charge in [-0.05, 0) is 44.3 Å². The molecule has 1 N–H and O–H groups in total. The Kier molecular flexibility index (Phi) is 4.70. The minimum absolute atomic E-state index is 0.0645. The van der Waals surface area contributed by atoms with Gasteiger partial charge in [0.15, 0.2) is 0 Å². The second-order valence-electron chi connectivity index (χ2n) is 5.29. The molecule has 2 rings (SSSR count). The van der Waals surface area contributed by atoms with Crippen molar-refractivity contribution in [3.05, 3.63) is 65.0 Å². The Balaban J connectivity index is 2.26. The van der Waals surface area contributed by atoms with E-state index in [0.29, 0.717) is 17.8 Å². The molecule has 3 nitrogen and oxygen atoms in total. The zero-order chi connectivity index (χ0) is 15.4. The molecule has 2 aromatic carbocycles. The number of hydrogen-bond acceptors (Lipinski definition) is 2. The highest BCUT2D eigenvalue weighted by molar-refractivity contribution is 6.05. The molecule has 0 aromatic heterocycles. The third-order valence-corrected chi connectivity index (χ3v) is 3.19. The summed E-state index contributed by atoms with van der Waals surface area (Å²) in [6.45, 7) is 2.35. The molecule has 0 radical (unpaired) electrons. The average Bonchev–Trinajstić information content (AvgIpc) is 2.43. The molecule has 0 unspecified atom stereocenters. The zero-order valence-corrected chi connectivity index (χ0v) is 12.5. The van der Waals surface area contributed by atoms with Crippen LogP contribution in [0.3, 0.4) is 0 Å². The van der Waals surface area contributed by atoms with Gasteiger partial charge in [-0.2, -0.15) is 0 Å². The summed E-state index contributed by atoms with van der Waals surface area (Å²) in [4.78, 5) is 14.3. The van der Waals surface area contributed by atoms with Crippen molar-refractivity contribution in [1.29, 1.82) is 0 Å². The highest BCUT2D eigenvalue weighted by Gasteiger charge is 2.14. The van der Waals surface area contributed by atoms with Crippen molar-refractivity contribution in [3.63, 3.8) is 0 Å². The maximum atomic E-state index is 14.0. The summed E-state index contributed by atoms with van der Waals surface area (Å²) in [5, 5.41) is 2.79. The number of nitrogens with zero attached hydrogens (tertiary/aromatic N) is 1. The maximum Gasteiger partial charge on any atom is 0.258 e. The first kappa shape index (κ1) is 15.2. The number of carbonyl (C=O) groups excluding carboxylic acids is 1. The van der Waals surface area contributed by atoms with E-state index in [-0.39, 0.29) is 5.56 Å². The van der Waals surface area contributed by atoms with Gasteiger partial charge >= 0.3 is 0 Å². The van der Waals surface area contributed by atoms with E-state index in [1.807, 2.05) is 43.3 Å². The molecule has 0 fully saturated rings. The largest absolute Gasteiger partial charge is 0.322 e. The number of halogens is 1. The summed E-state index contributed by atoms with van der Waals surface area (Å²) in [6.07, 6.45) is 0. The Morgan fingerprint density at radius 2 is 1.86 bits per heavy atom. The van der Waals surface area contributed by atoms with Gasteiger partial charge in [0.2, 0.25) is 0 Å². The van der Waals surface area contributed by atoms with E-state index in [0.717, 1.165) is 5.56 Å². The monoisotopic (exact) mass is 286 g/mol. The van der Waals surface area contributed by atoms with Crippen molar-refractivity contribution in [1.82, 2.24) is 4.90 Å². The van der Waals surface area contributed by atoms with Crippen LogP contribution in [0.4, 0.5) is 10.1 Å². The van der Waals surface area contributed by atoms with Crippen LogP contribution in [0.5, 0.6) is 0 Å². The lowest BCUT2D eigenvalue weighted by molar-refractivity contribution is 0.102. The Bertz CT molecular complexity index is 653. The molecule has 2 aromatic rings. The fraction of sp³-hybridized carbons (Fsp3) is 0.235. The van der Waals surface area contributed by atoms with E-state index < -0.39 is 11.7 Å². The summed E-state index contributed by atoms with van der Waals surface area (Å²) < 4.78 is 14.0. The van der Waals surface area contributed by atoms with Crippen LogP contribution in [0.15, 0.2) is 42.5 Å². The molecule has 0 aliphatic heterocycles. The van der Waals surface area contributed by atoms with Crippen LogP contribution < -0.4 is 5.32 Å². The van der Waals surface area contributed by atoms with E-state index >= 15 is 0 Å². The summed E-state index contributed by atoms with van der Waals surface area (Å²) in [5.41, 5.74) is 2.22. The molecule has 21 heavy (non-hydrogen) atoms. The van der Waals surface area contributed by atoms with Crippen LogP contribution in [0.2, 0.25) is 0 Å². The third-order valence-electron chi connectivity index (χ3n) is 3.19. The summed E-state index contributed by atoms with van der Waals surface area (Å²) in [6, 6.07) is 12.4. The Morgan fingerprint density at radius 3 is 2.57 bits per heavy atom. The molecule has 0 aliphatic rings. The first-order valence-electron chi connectivity index (χ1n) is 6.78. The number of rotatable bonds is 4. The van der Waals surface area contributed by atoms with Crippen molar-refractivity contribution in [2.24, 2.45) is 0 Å². The molecular formula is C17H19FN2O. The van der Waals surface area contributed by atoms with Crippen LogP contribution in [0.25, 0.3) is 0 Å². The standard InChI is InChI=1S/C17H19FN2O/c1-12-7-6-9-14(16(12)18)17(21)19-15-10-5-4-8-13(15)11-20(2)3/h4-10H,11H2,1-3H3,(H,19,21). The van der Waals surface area contributed by atoms with Gasteiger partial charge < -0.3 is 10.2 Å². The lowest BCUT2D eigenvalue weighted by Gasteiger charge is -2.15. The fourth-order valence-electron chi connectivity index (χ4n) is 2.13. The van der Waals surface area contributed by atoms with Crippen molar-refractivity contribution < 1.29 is 9.18 Å². The predicted molar refractivity (Wildman–Crippen MR) is 82.9 cm³/mol. The summed E-state index contributed by atoms with van der Waals surface area (Å²) >= 11 is 0. The van der Waals surface area contributed by atoms with E-state index in [2.05, 4.69) is 5.32 Å². The van der Waals surface area contributed by atoms with E-state index in [1.165, 1.54) is 6.07 Å². The molecule has 4 heteroatoms. The summed E-state index contributed by atoms with van der Waals surface area (Å²) in [7, 11) is 3.91. The molecule has 0 saturated heterocycles. The molecule has 0 atom stereocenters.